The summed E-state index contributed by atoms with van der Waals surface area (Å²) in [6, 6.07) is 14.2. The minimum Gasteiger partial charge on any atom is -0.476 e. The van der Waals surface area contributed by atoms with Crippen LogP contribution in [0.5, 0.6) is 5.75 Å². The summed E-state index contributed by atoms with van der Waals surface area (Å²) in [6.07, 6.45) is 4.18. The lowest BCUT2D eigenvalue weighted by molar-refractivity contribution is -0.134. The summed E-state index contributed by atoms with van der Waals surface area (Å²) >= 11 is 1.77. The van der Waals surface area contributed by atoms with Crippen LogP contribution in [0.2, 0.25) is 0 Å². The van der Waals surface area contributed by atoms with Crippen LogP contribution in [0.25, 0.3) is 0 Å². The first-order valence-corrected chi connectivity index (χ1v) is 11.5. The number of para-hydroxylation sites is 1. The first-order chi connectivity index (χ1) is 14.9. The lowest BCUT2D eigenvalue weighted by Crippen LogP contribution is -2.25. The molecule has 2 aromatic carbocycles. The van der Waals surface area contributed by atoms with Gasteiger partial charge in [0.1, 0.15) is 6.26 Å². The van der Waals surface area contributed by atoms with E-state index in [9.17, 15) is 9.18 Å². The molecule has 3 rings (SSSR count). The number of halogens is 1. The monoisotopic (exact) mass is 444 g/mol. The molecule has 2 aromatic rings. The lowest BCUT2D eigenvalue weighted by atomic mass is 10.0. The Morgan fingerprint density at radius 2 is 2.06 bits per heavy atom. The normalized spacial score (nSPS) is 16.5. The minimum atomic E-state index is -1.65. The molecule has 0 aromatic heterocycles. The molecule has 1 heterocycles. The van der Waals surface area contributed by atoms with Gasteiger partial charge in [0.05, 0.1) is 11.4 Å². The number of fused-ring (bicyclic) bond motifs is 1. The predicted molar refractivity (Wildman–Crippen MR) is 125 cm³/mol. The van der Waals surface area contributed by atoms with E-state index in [1.807, 2.05) is 49.3 Å². The van der Waals surface area contributed by atoms with Crippen LogP contribution in [0.3, 0.4) is 0 Å². The number of nitrogens with zero attached hydrogens (tertiary/aromatic N) is 2. The number of carboxylic acid groups (broad SMARTS) is 1. The van der Waals surface area contributed by atoms with E-state index in [1.54, 1.807) is 11.8 Å². The van der Waals surface area contributed by atoms with Gasteiger partial charge in [0, 0.05) is 37.0 Å². The average Bonchev–Trinajstić information content (AvgIpc) is 2.94. The van der Waals surface area contributed by atoms with E-state index >= 15 is 0 Å². The SMILES string of the molecule is CCCC[C@@H]1CSc2cc(O/C=C(\F)C(=O)O)c(N(C)C)cc2N(c2ccccc2)C1. The van der Waals surface area contributed by atoms with Crippen LogP contribution in [-0.2, 0) is 4.79 Å². The molecule has 31 heavy (non-hydrogen) atoms. The zero-order valence-electron chi connectivity index (χ0n) is 18.2. The Bertz CT molecular complexity index is 934. The number of hydrogen-bond acceptors (Lipinski definition) is 5. The van der Waals surface area contributed by atoms with E-state index in [0.717, 1.165) is 40.7 Å². The van der Waals surface area contributed by atoms with Gasteiger partial charge in [-0.05, 0) is 36.6 Å². The van der Waals surface area contributed by atoms with Gasteiger partial charge in [-0.1, -0.05) is 38.0 Å². The van der Waals surface area contributed by atoms with E-state index < -0.39 is 11.8 Å². The molecule has 0 unspecified atom stereocenters. The molecule has 1 aliphatic rings. The Morgan fingerprint density at radius 1 is 1.32 bits per heavy atom. The Morgan fingerprint density at radius 3 is 2.71 bits per heavy atom. The first-order valence-electron chi connectivity index (χ1n) is 10.5. The van der Waals surface area contributed by atoms with Crippen molar-refractivity contribution in [1.82, 2.24) is 0 Å². The fourth-order valence-electron chi connectivity index (χ4n) is 3.61. The molecule has 0 bridgehead atoms. The second-order valence-corrected chi connectivity index (χ2v) is 8.90. The van der Waals surface area contributed by atoms with E-state index in [0.29, 0.717) is 17.9 Å². The Balaban J connectivity index is 2.05. The number of anilines is 3. The van der Waals surface area contributed by atoms with Crippen LogP contribution in [0.1, 0.15) is 26.2 Å². The average molecular weight is 445 g/mol. The number of unbranched alkanes of at least 4 members (excludes halogenated alkanes) is 1. The van der Waals surface area contributed by atoms with Crippen LogP contribution >= 0.6 is 11.8 Å². The molecule has 0 saturated carbocycles. The molecule has 1 N–H and O–H groups in total. The van der Waals surface area contributed by atoms with Crippen molar-refractivity contribution in [1.29, 1.82) is 0 Å². The molecule has 0 saturated heterocycles. The van der Waals surface area contributed by atoms with Crippen LogP contribution in [0.4, 0.5) is 21.5 Å². The summed E-state index contributed by atoms with van der Waals surface area (Å²) in [6.45, 7) is 3.13. The first kappa shape index (κ1) is 23.0. The Hall–Kier alpha value is -2.67. The highest BCUT2D eigenvalue weighted by atomic mass is 32.2. The molecule has 1 aliphatic heterocycles. The van der Waals surface area contributed by atoms with E-state index in [4.69, 9.17) is 9.84 Å². The third kappa shape index (κ3) is 5.73. The van der Waals surface area contributed by atoms with E-state index in [-0.39, 0.29) is 0 Å². The number of rotatable bonds is 8. The van der Waals surface area contributed by atoms with Crippen molar-refractivity contribution in [3.05, 3.63) is 54.6 Å². The number of aliphatic carboxylic acids is 1. The number of ether oxygens (including phenoxy) is 1. The molecule has 5 nitrogen and oxygen atoms in total. The van der Waals surface area contributed by atoms with Crippen molar-refractivity contribution in [2.45, 2.75) is 31.1 Å². The summed E-state index contributed by atoms with van der Waals surface area (Å²) in [5.74, 6) is -1.04. The quantitative estimate of drug-likeness (QED) is 0.394. The van der Waals surface area contributed by atoms with Gasteiger partial charge in [-0.3, -0.25) is 0 Å². The van der Waals surface area contributed by atoms with Gasteiger partial charge in [-0.25, -0.2) is 4.79 Å². The molecule has 166 valence electrons. The van der Waals surface area contributed by atoms with E-state index in [1.165, 1.54) is 12.8 Å². The van der Waals surface area contributed by atoms with E-state index in [2.05, 4.69) is 24.0 Å². The van der Waals surface area contributed by atoms with Gasteiger partial charge < -0.3 is 19.6 Å². The van der Waals surface area contributed by atoms with Crippen molar-refractivity contribution in [3.63, 3.8) is 0 Å². The van der Waals surface area contributed by atoms with Crippen molar-refractivity contribution in [2.75, 3.05) is 36.2 Å². The molecular weight excluding hydrogens is 415 g/mol. The zero-order chi connectivity index (χ0) is 22.4. The molecule has 7 heteroatoms. The van der Waals surface area contributed by atoms with Crippen LogP contribution in [0.15, 0.2) is 59.4 Å². The zero-order valence-corrected chi connectivity index (χ0v) is 19.0. The van der Waals surface area contributed by atoms with Crippen LogP contribution in [-0.4, -0.2) is 37.5 Å². The maximum Gasteiger partial charge on any atom is 0.368 e. The molecule has 0 fully saturated rings. The van der Waals surface area contributed by atoms with Crippen LogP contribution < -0.4 is 14.5 Å². The van der Waals surface area contributed by atoms with Gasteiger partial charge in [0.15, 0.2) is 5.75 Å². The third-order valence-corrected chi connectivity index (χ3v) is 6.53. The van der Waals surface area contributed by atoms with Crippen molar-refractivity contribution in [3.8, 4) is 5.75 Å². The Labute approximate surface area is 187 Å². The van der Waals surface area contributed by atoms with Crippen molar-refractivity contribution in [2.24, 2.45) is 5.92 Å². The van der Waals surface area contributed by atoms with Gasteiger partial charge in [-0.15, -0.1) is 11.8 Å². The topological polar surface area (TPSA) is 53.0 Å². The second-order valence-electron chi connectivity index (χ2n) is 7.84. The number of benzene rings is 2. The molecule has 0 spiro atoms. The summed E-state index contributed by atoms with van der Waals surface area (Å²) in [4.78, 5) is 16.1. The molecule has 1 atom stereocenters. The number of carbonyl (C=O) groups is 1. The number of carboxylic acids is 1. The molecule has 0 radical (unpaired) electrons. The van der Waals surface area contributed by atoms with Gasteiger partial charge in [-0.2, -0.15) is 4.39 Å². The largest absolute Gasteiger partial charge is 0.476 e. The van der Waals surface area contributed by atoms with Crippen LogP contribution in [0, 0.1) is 5.92 Å². The molecule has 0 amide bonds. The molecule has 0 aliphatic carbocycles. The minimum absolute atomic E-state index is 0.424. The lowest BCUT2D eigenvalue weighted by Gasteiger charge is -2.29. The summed E-state index contributed by atoms with van der Waals surface area (Å²) in [7, 11) is 3.76. The predicted octanol–water partition coefficient (Wildman–Crippen LogP) is 6.08. The fraction of sp³-hybridized carbons (Fsp3) is 0.375. The Kier molecular flexibility index (Phi) is 7.85. The maximum atomic E-state index is 13.5. The highest BCUT2D eigenvalue weighted by Crippen LogP contribution is 2.45. The maximum absolute atomic E-state index is 13.5. The smallest absolute Gasteiger partial charge is 0.368 e. The second kappa shape index (κ2) is 10.6. The number of hydrogen-bond donors (Lipinski definition) is 1. The highest BCUT2D eigenvalue weighted by Gasteiger charge is 2.26. The van der Waals surface area contributed by atoms with Crippen molar-refractivity contribution < 1.29 is 19.0 Å². The fourth-order valence-corrected chi connectivity index (χ4v) is 4.81. The standard InChI is InChI=1S/C24H29FN2O3S/c1-4-5-9-17-14-27(18-10-7-6-8-11-18)21-12-20(26(2)3)22(13-23(21)31-16-17)30-15-19(25)24(28)29/h6-8,10-13,15,17H,4-5,9,14,16H2,1-3H3,(H,28,29)/b19-15-/t17-/m0/s1. The summed E-state index contributed by atoms with van der Waals surface area (Å²) < 4.78 is 19.0. The van der Waals surface area contributed by atoms with Gasteiger partial charge in [0.25, 0.3) is 0 Å². The summed E-state index contributed by atoms with van der Waals surface area (Å²) in [5, 5.41) is 8.78. The third-order valence-electron chi connectivity index (χ3n) is 5.26. The van der Waals surface area contributed by atoms with Crippen molar-refractivity contribution >= 4 is 34.8 Å². The highest BCUT2D eigenvalue weighted by molar-refractivity contribution is 7.99. The molecular formula is C24H29FN2O3S. The van der Waals surface area contributed by atoms with Gasteiger partial charge in [0.2, 0.25) is 5.83 Å². The van der Waals surface area contributed by atoms with Gasteiger partial charge >= 0.3 is 5.97 Å². The summed E-state index contributed by atoms with van der Waals surface area (Å²) in [5.41, 5.74) is 2.96. The number of thioether (sulfide) groups is 1.